The molecule has 0 radical (unpaired) electrons. The van der Waals surface area contributed by atoms with Gasteiger partial charge in [-0.2, -0.15) is 0 Å². The van der Waals surface area contributed by atoms with E-state index in [-0.39, 0.29) is 41.5 Å². The molecule has 0 saturated carbocycles. The highest BCUT2D eigenvalue weighted by molar-refractivity contribution is 5.96. The van der Waals surface area contributed by atoms with Crippen LogP contribution in [0.1, 0.15) is 45.3 Å². The maximum atomic E-state index is 13.1. The van der Waals surface area contributed by atoms with Crippen LogP contribution in [0.25, 0.3) is 0 Å². The molecule has 7 heteroatoms. The topological polar surface area (TPSA) is 80.0 Å². The number of morpholine rings is 1. The van der Waals surface area contributed by atoms with Crippen LogP contribution in [0.3, 0.4) is 0 Å². The predicted octanol–water partition coefficient (Wildman–Crippen LogP) is 2.89. The van der Waals surface area contributed by atoms with Gasteiger partial charge in [0.1, 0.15) is 23.2 Å². The summed E-state index contributed by atoms with van der Waals surface area (Å²) in [4.78, 5) is 25.4. The van der Waals surface area contributed by atoms with Crippen molar-refractivity contribution in [3.63, 3.8) is 0 Å². The van der Waals surface area contributed by atoms with E-state index in [0.717, 1.165) is 5.56 Å². The summed E-state index contributed by atoms with van der Waals surface area (Å²) in [7, 11) is 0. The number of rotatable bonds is 4. The van der Waals surface area contributed by atoms with Crippen LogP contribution < -0.4 is 0 Å². The second kappa shape index (κ2) is 7.06. The van der Waals surface area contributed by atoms with Gasteiger partial charge in [-0.3, -0.25) is 4.79 Å². The number of furan rings is 1. The van der Waals surface area contributed by atoms with Crippen LogP contribution in [0.2, 0.25) is 0 Å². The molecule has 0 aliphatic carbocycles. The number of carboxylic acids is 1. The average molecular weight is 347 g/mol. The Bertz CT molecular complexity index is 783. The first kappa shape index (κ1) is 17.2. The molecule has 0 spiro atoms. The molecule has 1 aromatic heterocycles. The van der Waals surface area contributed by atoms with Crippen LogP contribution in [0.15, 0.2) is 34.7 Å². The van der Waals surface area contributed by atoms with E-state index in [4.69, 9.17) is 9.15 Å². The fourth-order valence-corrected chi connectivity index (χ4v) is 2.85. The minimum Gasteiger partial charge on any atom is -0.478 e. The van der Waals surface area contributed by atoms with Gasteiger partial charge in [0.05, 0.1) is 13.2 Å². The number of carbonyl (C=O) groups is 2. The number of hydrogen-bond acceptors (Lipinski definition) is 4. The van der Waals surface area contributed by atoms with Crippen molar-refractivity contribution in [2.45, 2.75) is 19.4 Å². The Balaban J connectivity index is 1.78. The molecular formula is C18H18FNO5. The number of hydrogen-bond donors (Lipinski definition) is 1. The second-order valence-electron chi connectivity index (χ2n) is 5.77. The van der Waals surface area contributed by atoms with E-state index in [0.29, 0.717) is 19.6 Å². The van der Waals surface area contributed by atoms with Crippen LogP contribution in [0.5, 0.6) is 0 Å². The molecule has 1 aliphatic rings. The number of aryl methyl sites for hydroxylation is 1. The Labute approximate surface area is 143 Å². The van der Waals surface area contributed by atoms with Crippen LogP contribution in [-0.4, -0.2) is 41.6 Å². The lowest BCUT2D eigenvalue weighted by Crippen LogP contribution is -2.42. The first-order valence-corrected chi connectivity index (χ1v) is 8.02. The lowest BCUT2D eigenvalue weighted by atomic mass is 10.1. The fourth-order valence-electron chi connectivity index (χ4n) is 2.85. The lowest BCUT2D eigenvalue weighted by molar-refractivity contribution is -0.0238. The Morgan fingerprint density at radius 2 is 2.04 bits per heavy atom. The molecule has 1 aromatic carbocycles. The first-order chi connectivity index (χ1) is 12.0. The third-order valence-electron chi connectivity index (χ3n) is 4.17. The summed E-state index contributed by atoms with van der Waals surface area (Å²) in [5, 5.41) is 9.18. The Morgan fingerprint density at radius 1 is 1.32 bits per heavy atom. The van der Waals surface area contributed by atoms with Gasteiger partial charge >= 0.3 is 5.97 Å². The van der Waals surface area contributed by atoms with Crippen molar-refractivity contribution in [1.29, 1.82) is 0 Å². The molecule has 132 valence electrons. The number of halogens is 1. The molecule has 3 rings (SSSR count). The summed E-state index contributed by atoms with van der Waals surface area (Å²) >= 11 is 0. The van der Waals surface area contributed by atoms with Gasteiger partial charge in [-0.15, -0.1) is 0 Å². The summed E-state index contributed by atoms with van der Waals surface area (Å²) in [5.41, 5.74) is 0.785. The van der Waals surface area contributed by atoms with Crippen LogP contribution >= 0.6 is 0 Å². The van der Waals surface area contributed by atoms with Crippen molar-refractivity contribution in [3.8, 4) is 0 Å². The summed E-state index contributed by atoms with van der Waals surface area (Å²) in [6.07, 6.45) is 0.0220. The standard InChI is InChI=1S/C18H18FNO5/c1-2-14-13(18(22)23)9-15(25-14)17(21)20-7-8-24-16(10-20)11-3-5-12(19)6-4-11/h3-6,9,16H,2,7-8,10H2,1H3,(H,22,23). The largest absolute Gasteiger partial charge is 0.478 e. The average Bonchev–Trinajstić information content (AvgIpc) is 3.06. The van der Waals surface area contributed by atoms with E-state index in [1.807, 2.05) is 0 Å². The van der Waals surface area contributed by atoms with Gasteiger partial charge in [0.2, 0.25) is 0 Å². The van der Waals surface area contributed by atoms with Gasteiger partial charge < -0.3 is 19.2 Å². The molecule has 2 heterocycles. The smallest absolute Gasteiger partial charge is 0.339 e. The van der Waals surface area contributed by atoms with E-state index >= 15 is 0 Å². The number of nitrogens with zero attached hydrogens (tertiary/aromatic N) is 1. The number of benzene rings is 1. The molecule has 6 nitrogen and oxygen atoms in total. The third-order valence-corrected chi connectivity index (χ3v) is 4.17. The van der Waals surface area contributed by atoms with E-state index in [1.165, 1.54) is 18.2 Å². The number of aromatic carboxylic acids is 1. The highest BCUT2D eigenvalue weighted by atomic mass is 19.1. The van der Waals surface area contributed by atoms with Gasteiger partial charge in [-0.05, 0) is 17.7 Å². The predicted molar refractivity (Wildman–Crippen MR) is 86.0 cm³/mol. The number of carbonyl (C=O) groups excluding carboxylic acids is 1. The van der Waals surface area contributed by atoms with E-state index < -0.39 is 5.97 Å². The molecule has 1 N–H and O–H groups in total. The minimum absolute atomic E-state index is 0.00834. The Kier molecular flexibility index (Phi) is 4.85. The number of amides is 1. The highest BCUT2D eigenvalue weighted by Crippen LogP contribution is 2.25. The van der Waals surface area contributed by atoms with Gasteiger partial charge in [0, 0.05) is 19.0 Å². The Morgan fingerprint density at radius 3 is 2.64 bits per heavy atom. The number of carboxylic acid groups (broad SMARTS) is 1. The van der Waals surface area contributed by atoms with Gasteiger partial charge in [-0.1, -0.05) is 19.1 Å². The van der Waals surface area contributed by atoms with Gasteiger partial charge in [0.15, 0.2) is 5.76 Å². The van der Waals surface area contributed by atoms with Gasteiger partial charge in [-0.25, -0.2) is 9.18 Å². The summed E-state index contributed by atoms with van der Waals surface area (Å²) in [6.45, 7) is 2.76. The highest BCUT2D eigenvalue weighted by Gasteiger charge is 2.29. The zero-order valence-corrected chi connectivity index (χ0v) is 13.7. The second-order valence-corrected chi connectivity index (χ2v) is 5.77. The van der Waals surface area contributed by atoms with Crippen LogP contribution in [-0.2, 0) is 11.2 Å². The third kappa shape index (κ3) is 3.56. The quantitative estimate of drug-likeness (QED) is 0.920. The maximum Gasteiger partial charge on any atom is 0.339 e. The fraction of sp³-hybridized carbons (Fsp3) is 0.333. The maximum absolute atomic E-state index is 13.1. The minimum atomic E-state index is -1.12. The summed E-state index contributed by atoms with van der Waals surface area (Å²) < 4.78 is 24.2. The molecule has 1 atom stereocenters. The van der Waals surface area contributed by atoms with E-state index in [2.05, 4.69) is 0 Å². The summed E-state index contributed by atoms with van der Waals surface area (Å²) in [5.74, 6) is -1.55. The van der Waals surface area contributed by atoms with Crippen molar-refractivity contribution in [2.75, 3.05) is 19.7 Å². The molecular weight excluding hydrogens is 329 g/mol. The normalized spacial score (nSPS) is 17.5. The first-order valence-electron chi connectivity index (χ1n) is 8.02. The van der Waals surface area contributed by atoms with Crippen molar-refractivity contribution in [2.24, 2.45) is 0 Å². The summed E-state index contributed by atoms with van der Waals surface area (Å²) in [6, 6.07) is 7.21. The molecule has 1 aliphatic heterocycles. The zero-order chi connectivity index (χ0) is 18.0. The Hall–Kier alpha value is -2.67. The molecule has 0 bridgehead atoms. The molecule has 1 amide bonds. The van der Waals surface area contributed by atoms with Crippen molar-refractivity contribution < 1.29 is 28.2 Å². The van der Waals surface area contributed by atoms with E-state index in [9.17, 15) is 19.1 Å². The molecule has 1 unspecified atom stereocenters. The zero-order valence-electron chi connectivity index (χ0n) is 13.7. The molecule has 1 fully saturated rings. The lowest BCUT2D eigenvalue weighted by Gasteiger charge is -2.32. The SMILES string of the molecule is CCc1oc(C(=O)N2CCOC(c3ccc(F)cc3)C2)cc1C(=O)O. The van der Waals surface area contributed by atoms with E-state index in [1.54, 1.807) is 24.0 Å². The van der Waals surface area contributed by atoms with Crippen molar-refractivity contribution in [3.05, 3.63) is 58.8 Å². The van der Waals surface area contributed by atoms with Crippen LogP contribution in [0.4, 0.5) is 4.39 Å². The van der Waals surface area contributed by atoms with Crippen molar-refractivity contribution in [1.82, 2.24) is 4.90 Å². The van der Waals surface area contributed by atoms with Gasteiger partial charge in [0.25, 0.3) is 5.91 Å². The van der Waals surface area contributed by atoms with Crippen molar-refractivity contribution >= 4 is 11.9 Å². The molecule has 2 aromatic rings. The van der Waals surface area contributed by atoms with Crippen LogP contribution in [0, 0.1) is 5.82 Å². The molecule has 1 saturated heterocycles. The monoisotopic (exact) mass is 347 g/mol. The number of ether oxygens (including phenoxy) is 1. The molecule has 25 heavy (non-hydrogen) atoms.